The van der Waals surface area contributed by atoms with Crippen molar-refractivity contribution in [1.82, 2.24) is 0 Å². The van der Waals surface area contributed by atoms with E-state index in [4.69, 9.17) is 0 Å². The van der Waals surface area contributed by atoms with Crippen LogP contribution in [-0.2, 0) is 0 Å². The number of allylic oxidation sites excluding steroid dienone is 1. The third-order valence-electron chi connectivity index (χ3n) is 1.57. The Bertz CT molecular complexity index is 120. The van der Waals surface area contributed by atoms with E-state index in [0.29, 0.717) is 4.08 Å². The molecule has 2 heteroatoms. The van der Waals surface area contributed by atoms with Crippen LogP contribution in [0.1, 0.15) is 13.3 Å². The summed E-state index contributed by atoms with van der Waals surface area (Å²) < 4.78 is 0.467. The van der Waals surface area contributed by atoms with Crippen molar-refractivity contribution in [3.05, 3.63) is 12.2 Å². The van der Waals surface area contributed by atoms with Crippen LogP contribution >= 0.6 is 23.5 Å². The van der Waals surface area contributed by atoms with Crippen LogP contribution < -0.4 is 0 Å². The molecule has 0 bridgehead atoms. The van der Waals surface area contributed by atoms with Gasteiger partial charge in [0.1, 0.15) is 0 Å². The molecule has 0 N–H and O–H groups in total. The second kappa shape index (κ2) is 3.02. The average molecular weight is 160 g/mol. The van der Waals surface area contributed by atoms with Crippen LogP contribution in [0.15, 0.2) is 12.2 Å². The van der Waals surface area contributed by atoms with Crippen molar-refractivity contribution in [2.24, 2.45) is 0 Å². The molecule has 1 rings (SSSR count). The number of rotatable bonds is 1. The lowest BCUT2D eigenvalue weighted by atomic mass is 10.3. The van der Waals surface area contributed by atoms with Crippen LogP contribution in [-0.4, -0.2) is 16.1 Å². The fourth-order valence-corrected chi connectivity index (χ4v) is 2.53. The van der Waals surface area contributed by atoms with Crippen molar-refractivity contribution >= 4 is 23.5 Å². The molecule has 0 spiro atoms. The van der Waals surface area contributed by atoms with Gasteiger partial charge < -0.3 is 0 Å². The summed E-state index contributed by atoms with van der Waals surface area (Å²) in [6.07, 6.45) is 7.95. The van der Waals surface area contributed by atoms with Gasteiger partial charge in [0.05, 0.1) is 4.08 Å². The molecule has 0 radical (unpaired) electrons. The SMILES string of the molecule is CSC1(C)CC=CCS1. The normalized spacial score (nSPS) is 34.9. The molecule has 0 aromatic heterocycles. The molecule has 1 atom stereocenters. The van der Waals surface area contributed by atoms with Crippen molar-refractivity contribution in [2.45, 2.75) is 17.4 Å². The molecule has 9 heavy (non-hydrogen) atoms. The molecule has 1 heterocycles. The van der Waals surface area contributed by atoms with Crippen molar-refractivity contribution in [1.29, 1.82) is 0 Å². The summed E-state index contributed by atoms with van der Waals surface area (Å²) in [6.45, 7) is 2.31. The number of thioether (sulfide) groups is 2. The van der Waals surface area contributed by atoms with E-state index < -0.39 is 0 Å². The smallest absolute Gasteiger partial charge is 0.0617 e. The first-order valence-electron chi connectivity index (χ1n) is 3.11. The zero-order valence-electron chi connectivity index (χ0n) is 5.89. The van der Waals surface area contributed by atoms with Gasteiger partial charge in [0.25, 0.3) is 0 Å². The predicted octanol–water partition coefficient (Wildman–Crippen LogP) is 2.76. The maximum atomic E-state index is 2.31. The molecule has 0 aromatic rings. The van der Waals surface area contributed by atoms with Crippen molar-refractivity contribution in [3.63, 3.8) is 0 Å². The zero-order chi connectivity index (χ0) is 6.74. The predicted molar refractivity (Wildman–Crippen MR) is 48.1 cm³/mol. The molecule has 1 aliphatic rings. The van der Waals surface area contributed by atoms with Gasteiger partial charge in [-0.1, -0.05) is 12.2 Å². The van der Waals surface area contributed by atoms with E-state index in [1.165, 1.54) is 12.2 Å². The quantitative estimate of drug-likeness (QED) is 0.541. The second-order valence-electron chi connectivity index (χ2n) is 2.32. The molecule has 0 nitrogen and oxygen atoms in total. The Labute approximate surface area is 65.5 Å². The first kappa shape index (κ1) is 7.55. The monoisotopic (exact) mass is 160 g/mol. The largest absolute Gasteiger partial charge is 0.148 e. The first-order chi connectivity index (χ1) is 4.27. The van der Waals surface area contributed by atoms with Gasteiger partial charge in [-0.15, -0.1) is 23.5 Å². The molecule has 0 saturated carbocycles. The van der Waals surface area contributed by atoms with Crippen molar-refractivity contribution in [2.75, 3.05) is 12.0 Å². The van der Waals surface area contributed by atoms with Crippen LogP contribution in [0.5, 0.6) is 0 Å². The van der Waals surface area contributed by atoms with E-state index in [1.54, 1.807) is 0 Å². The van der Waals surface area contributed by atoms with Gasteiger partial charge in [-0.05, 0) is 19.6 Å². The topological polar surface area (TPSA) is 0 Å². The highest BCUT2D eigenvalue weighted by molar-refractivity contribution is 8.18. The third-order valence-corrected chi connectivity index (χ3v) is 4.59. The Morgan fingerprint density at radius 3 is 2.67 bits per heavy atom. The maximum absolute atomic E-state index is 2.31. The molecule has 0 fully saturated rings. The van der Waals surface area contributed by atoms with E-state index in [9.17, 15) is 0 Å². The van der Waals surface area contributed by atoms with Crippen LogP contribution in [0.3, 0.4) is 0 Å². The highest BCUT2D eigenvalue weighted by Crippen LogP contribution is 2.40. The minimum Gasteiger partial charge on any atom is -0.148 e. The van der Waals surface area contributed by atoms with Gasteiger partial charge in [0, 0.05) is 5.75 Å². The maximum Gasteiger partial charge on any atom is 0.0617 e. The van der Waals surface area contributed by atoms with Gasteiger partial charge in [-0.25, -0.2) is 0 Å². The molecule has 0 saturated heterocycles. The zero-order valence-corrected chi connectivity index (χ0v) is 7.52. The molecule has 52 valence electrons. The van der Waals surface area contributed by atoms with E-state index in [0.717, 1.165) is 0 Å². The highest BCUT2D eigenvalue weighted by Gasteiger charge is 2.22. The van der Waals surface area contributed by atoms with Gasteiger partial charge in [-0.3, -0.25) is 0 Å². The molecule has 1 aliphatic heterocycles. The fourth-order valence-electron chi connectivity index (χ4n) is 0.791. The van der Waals surface area contributed by atoms with E-state index in [1.807, 2.05) is 23.5 Å². The Morgan fingerprint density at radius 1 is 1.56 bits per heavy atom. The van der Waals surface area contributed by atoms with Crippen LogP contribution in [0.4, 0.5) is 0 Å². The summed E-state index contributed by atoms with van der Waals surface area (Å²) in [6, 6.07) is 0. The van der Waals surface area contributed by atoms with Crippen LogP contribution in [0, 0.1) is 0 Å². The Morgan fingerprint density at radius 2 is 2.33 bits per heavy atom. The fraction of sp³-hybridized carbons (Fsp3) is 0.714. The lowest BCUT2D eigenvalue weighted by Crippen LogP contribution is -2.15. The van der Waals surface area contributed by atoms with E-state index in [-0.39, 0.29) is 0 Å². The summed E-state index contributed by atoms with van der Waals surface area (Å²) in [5.41, 5.74) is 0. The van der Waals surface area contributed by atoms with E-state index >= 15 is 0 Å². The summed E-state index contributed by atoms with van der Waals surface area (Å²) in [5, 5.41) is 0. The number of hydrogen-bond donors (Lipinski definition) is 0. The number of hydrogen-bond acceptors (Lipinski definition) is 2. The van der Waals surface area contributed by atoms with Gasteiger partial charge in [-0.2, -0.15) is 0 Å². The minimum atomic E-state index is 0.467. The third kappa shape index (κ3) is 1.94. The summed E-state index contributed by atoms with van der Waals surface area (Å²) >= 11 is 4.00. The lowest BCUT2D eigenvalue weighted by molar-refractivity contribution is 0.905. The average Bonchev–Trinajstić information content (AvgIpc) is 1.90. The Kier molecular flexibility index (Phi) is 2.53. The first-order valence-corrected chi connectivity index (χ1v) is 5.32. The molecule has 1 unspecified atom stereocenters. The van der Waals surface area contributed by atoms with Crippen LogP contribution in [0.25, 0.3) is 0 Å². The molecular formula is C7H12S2. The van der Waals surface area contributed by atoms with Crippen molar-refractivity contribution in [3.8, 4) is 0 Å². The van der Waals surface area contributed by atoms with Gasteiger partial charge in [0.15, 0.2) is 0 Å². The minimum absolute atomic E-state index is 0.467. The Hall–Kier alpha value is 0.440. The van der Waals surface area contributed by atoms with Crippen molar-refractivity contribution < 1.29 is 0 Å². The van der Waals surface area contributed by atoms with Gasteiger partial charge in [0.2, 0.25) is 0 Å². The highest BCUT2D eigenvalue weighted by atomic mass is 32.2. The standard InChI is InChI=1S/C7H12S2/c1-7(8-2)5-3-4-6-9-7/h3-4H,5-6H2,1-2H3. The van der Waals surface area contributed by atoms with Gasteiger partial charge >= 0.3 is 0 Å². The Balaban J connectivity index is 2.50. The summed E-state index contributed by atoms with van der Waals surface area (Å²) in [4.78, 5) is 0. The molecule has 0 aromatic carbocycles. The molecule has 0 amide bonds. The van der Waals surface area contributed by atoms with E-state index in [2.05, 4.69) is 25.3 Å². The summed E-state index contributed by atoms with van der Waals surface area (Å²) in [7, 11) is 0. The van der Waals surface area contributed by atoms with Crippen LogP contribution in [0.2, 0.25) is 0 Å². The lowest BCUT2D eigenvalue weighted by Gasteiger charge is -2.27. The second-order valence-corrected chi connectivity index (χ2v) is 5.42. The summed E-state index contributed by atoms with van der Waals surface area (Å²) in [5.74, 6) is 1.19. The molecule has 0 aliphatic carbocycles. The molecular weight excluding hydrogens is 148 g/mol.